The maximum atomic E-state index is 5.85. The van der Waals surface area contributed by atoms with Gasteiger partial charge in [-0.05, 0) is 35.4 Å². The molecular weight excluding hydrogens is 318 g/mol. The number of hydrogen-bond acceptors (Lipinski definition) is 6. The van der Waals surface area contributed by atoms with E-state index in [1.54, 1.807) is 7.11 Å². The summed E-state index contributed by atoms with van der Waals surface area (Å²) in [6, 6.07) is 13.7. The number of nitrogens with one attached hydrogen (secondary N) is 1. The summed E-state index contributed by atoms with van der Waals surface area (Å²) in [5.41, 5.74) is 8.85. The van der Waals surface area contributed by atoms with E-state index in [1.807, 2.05) is 42.5 Å². The second-order valence-electron chi connectivity index (χ2n) is 5.78. The number of benzene rings is 2. The van der Waals surface area contributed by atoms with E-state index in [9.17, 15) is 0 Å². The molecule has 7 heteroatoms. The fraction of sp³-hybridized carbons (Fsp3) is 0.167. The van der Waals surface area contributed by atoms with Gasteiger partial charge in [0, 0.05) is 5.39 Å². The summed E-state index contributed by atoms with van der Waals surface area (Å²) in [6.07, 6.45) is 1.11. The molecule has 4 rings (SSSR count). The van der Waals surface area contributed by atoms with E-state index in [0.29, 0.717) is 30.4 Å². The topological polar surface area (TPSA) is 103 Å². The number of aromatic amines is 1. The highest BCUT2D eigenvalue weighted by atomic mass is 16.5. The SMILES string of the molecule is COc1cccc(Cc2nnc(Cc3ccc4[nH]nc(N)c4c3)o2)c1. The van der Waals surface area contributed by atoms with E-state index in [-0.39, 0.29) is 0 Å². The van der Waals surface area contributed by atoms with Crippen LogP contribution in [0.1, 0.15) is 22.9 Å². The molecule has 0 saturated heterocycles. The van der Waals surface area contributed by atoms with Crippen molar-refractivity contribution in [3.05, 3.63) is 65.4 Å². The van der Waals surface area contributed by atoms with Crippen LogP contribution in [0.5, 0.6) is 5.75 Å². The van der Waals surface area contributed by atoms with Crippen molar-refractivity contribution in [2.45, 2.75) is 12.8 Å². The van der Waals surface area contributed by atoms with E-state index in [2.05, 4.69) is 20.4 Å². The average molecular weight is 335 g/mol. The van der Waals surface area contributed by atoms with Gasteiger partial charge in [0.2, 0.25) is 11.8 Å². The molecule has 126 valence electrons. The number of nitrogens with zero attached hydrogens (tertiary/aromatic N) is 3. The fourth-order valence-corrected chi connectivity index (χ4v) is 2.75. The number of rotatable bonds is 5. The van der Waals surface area contributed by atoms with Gasteiger partial charge in [-0.25, -0.2) is 0 Å². The molecular formula is C18H17N5O2. The van der Waals surface area contributed by atoms with Gasteiger partial charge in [0.05, 0.1) is 25.5 Å². The zero-order valence-electron chi connectivity index (χ0n) is 13.7. The third-order valence-corrected chi connectivity index (χ3v) is 4.01. The Bertz CT molecular complexity index is 1020. The number of aromatic nitrogens is 4. The molecule has 2 aromatic carbocycles. The molecule has 4 aromatic rings. The average Bonchev–Trinajstić information content (AvgIpc) is 3.22. The van der Waals surface area contributed by atoms with Crippen molar-refractivity contribution in [1.82, 2.24) is 20.4 Å². The number of methoxy groups -OCH3 is 1. The molecule has 0 radical (unpaired) electrons. The first-order chi connectivity index (χ1) is 12.2. The minimum Gasteiger partial charge on any atom is -0.497 e. The second-order valence-corrected chi connectivity index (χ2v) is 5.78. The molecule has 0 bridgehead atoms. The van der Waals surface area contributed by atoms with Crippen molar-refractivity contribution >= 4 is 16.7 Å². The van der Waals surface area contributed by atoms with Crippen LogP contribution in [-0.4, -0.2) is 27.5 Å². The van der Waals surface area contributed by atoms with Gasteiger partial charge in [0.25, 0.3) is 0 Å². The van der Waals surface area contributed by atoms with Gasteiger partial charge in [0.15, 0.2) is 5.82 Å². The van der Waals surface area contributed by atoms with E-state index in [0.717, 1.165) is 27.8 Å². The Labute approximate surface area is 143 Å². The second kappa shape index (κ2) is 6.27. The lowest BCUT2D eigenvalue weighted by Crippen LogP contribution is -1.90. The Morgan fingerprint density at radius 2 is 1.80 bits per heavy atom. The van der Waals surface area contributed by atoms with Crippen LogP contribution in [0.2, 0.25) is 0 Å². The lowest BCUT2D eigenvalue weighted by molar-refractivity contribution is 0.414. The molecule has 0 aliphatic rings. The van der Waals surface area contributed by atoms with Crippen LogP contribution in [-0.2, 0) is 12.8 Å². The van der Waals surface area contributed by atoms with Gasteiger partial charge in [-0.3, -0.25) is 5.10 Å². The van der Waals surface area contributed by atoms with Crippen LogP contribution in [0.3, 0.4) is 0 Å². The predicted molar refractivity (Wildman–Crippen MR) is 93.4 cm³/mol. The van der Waals surface area contributed by atoms with Gasteiger partial charge in [-0.1, -0.05) is 18.2 Å². The lowest BCUT2D eigenvalue weighted by Gasteiger charge is -2.01. The molecule has 0 aliphatic heterocycles. The standard InChI is InChI=1S/C18H17N5O2/c1-24-13-4-2-3-11(7-13)9-16-21-22-17(25-16)10-12-5-6-15-14(8-12)18(19)23-20-15/h2-8H,9-10H2,1H3,(H3,19,20,23). The Hall–Kier alpha value is -3.35. The first kappa shape index (κ1) is 15.2. The summed E-state index contributed by atoms with van der Waals surface area (Å²) in [5.74, 6) is 2.44. The Balaban J connectivity index is 1.51. The molecule has 0 atom stereocenters. The van der Waals surface area contributed by atoms with E-state index >= 15 is 0 Å². The van der Waals surface area contributed by atoms with Crippen molar-refractivity contribution in [2.75, 3.05) is 12.8 Å². The van der Waals surface area contributed by atoms with Crippen molar-refractivity contribution in [1.29, 1.82) is 0 Å². The van der Waals surface area contributed by atoms with Gasteiger partial charge < -0.3 is 14.9 Å². The fourth-order valence-electron chi connectivity index (χ4n) is 2.75. The summed E-state index contributed by atoms with van der Waals surface area (Å²) >= 11 is 0. The Morgan fingerprint density at radius 3 is 2.56 bits per heavy atom. The number of H-pyrrole nitrogens is 1. The quantitative estimate of drug-likeness (QED) is 0.581. The van der Waals surface area contributed by atoms with Crippen LogP contribution in [0.25, 0.3) is 10.9 Å². The maximum absolute atomic E-state index is 5.85. The molecule has 0 unspecified atom stereocenters. The van der Waals surface area contributed by atoms with E-state index in [1.165, 1.54) is 0 Å². The van der Waals surface area contributed by atoms with Crippen LogP contribution in [0.15, 0.2) is 46.9 Å². The summed E-state index contributed by atoms with van der Waals surface area (Å²) in [6.45, 7) is 0. The number of fused-ring (bicyclic) bond motifs is 1. The van der Waals surface area contributed by atoms with Gasteiger partial charge >= 0.3 is 0 Å². The third kappa shape index (κ3) is 3.16. The molecule has 0 amide bonds. The summed E-state index contributed by atoms with van der Waals surface area (Å²) in [7, 11) is 1.65. The van der Waals surface area contributed by atoms with Crippen molar-refractivity contribution in [2.24, 2.45) is 0 Å². The highest BCUT2D eigenvalue weighted by Gasteiger charge is 2.10. The largest absolute Gasteiger partial charge is 0.497 e. The van der Waals surface area contributed by atoms with Gasteiger partial charge in [-0.2, -0.15) is 5.10 Å². The Kier molecular flexibility index (Phi) is 3.81. The third-order valence-electron chi connectivity index (χ3n) is 4.01. The lowest BCUT2D eigenvalue weighted by atomic mass is 10.1. The van der Waals surface area contributed by atoms with Crippen LogP contribution < -0.4 is 10.5 Å². The van der Waals surface area contributed by atoms with Crippen LogP contribution in [0, 0.1) is 0 Å². The molecule has 0 aliphatic carbocycles. The first-order valence-electron chi connectivity index (χ1n) is 7.88. The normalized spacial score (nSPS) is 11.1. The van der Waals surface area contributed by atoms with Gasteiger partial charge in [0.1, 0.15) is 5.75 Å². The number of nitrogen functional groups attached to an aromatic ring is 1. The summed E-state index contributed by atoms with van der Waals surface area (Å²) < 4.78 is 11.0. The summed E-state index contributed by atoms with van der Waals surface area (Å²) in [5, 5.41) is 16.1. The molecule has 2 aromatic heterocycles. The summed E-state index contributed by atoms with van der Waals surface area (Å²) in [4.78, 5) is 0. The van der Waals surface area contributed by atoms with Crippen molar-refractivity contribution in [3.8, 4) is 5.75 Å². The van der Waals surface area contributed by atoms with Crippen LogP contribution >= 0.6 is 0 Å². The predicted octanol–water partition coefficient (Wildman–Crippen LogP) is 2.72. The minimum atomic E-state index is 0.487. The van der Waals surface area contributed by atoms with Crippen LogP contribution in [0.4, 0.5) is 5.82 Å². The highest BCUT2D eigenvalue weighted by Crippen LogP contribution is 2.21. The number of hydrogen-bond donors (Lipinski definition) is 2. The van der Waals surface area contributed by atoms with E-state index < -0.39 is 0 Å². The molecule has 0 fully saturated rings. The van der Waals surface area contributed by atoms with Crippen molar-refractivity contribution < 1.29 is 9.15 Å². The molecule has 7 nitrogen and oxygen atoms in total. The molecule has 0 saturated carbocycles. The molecule has 2 heterocycles. The molecule has 25 heavy (non-hydrogen) atoms. The number of nitrogens with two attached hydrogens (primary N) is 1. The number of ether oxygens (including phenoxy) is 1. The molecule has 0 spiro atoms. The van der Waals surface area contributed by atoms with Crippen molar-refractivity contribution in [3.63, 3.8) is 0 Å². The zero-order valence-corrected chi connectivity index (χ0v) is 13.7. The first-order valence-corrected chi connectivity index (χ1v) is 7.88. The molecule has 3 N–H and O–H groups in total. The number of anilines is 1. The smallest absolute Gasteiger partial charge is 0.220 e. The monoisotopic (exact) mass is 335 g/mol. The van der Waals surface area contributed by atoms with Gasteiger partial charge in [-0.15, -0.1) is 10.2 Å². The minimum absolute atomic E-state index is 0.487. The Morgan fingerprint density at radius 1 is 1.04 bits per heavy atom. The van der Waals surface area contributed by atoms with E-state index in [4.69, 9.17) is 14.9 Å². The maximum Gasteiger partial charge on any atom is 0.220 e. The highest BCUT2D eigenvalue weighted by molar-refractivity contribution is 5.89. The zero-order chi connectivity index (χ0) is 17.2.